The van der Waals surface area contributed by atoms with Crippen molar-refractivity contribution in [3.8, 4) is 0 Å². The van der Waals surface area contributed by atoms with E-state index in [2.05, 4.69) is 24.1 Å². The van der Waals surface area contributed by atoms with E-state index >= 15 is 0 Å². The lowest BCUT2D eigenvalue weighted by atomic mass is 9.89. The first-order chi connectivity index (χ1) is 8.61. The summed E-state index contributed by atoms with van der Waals surface area (Å²) in [4.78, 5) is 2.67. The molecule has 3 nitrogen and oxygen atoms in total. The maximum atomic E-state index is 9.22. The second kappa shape index (κ2) is 6.36. The fraction of sp³-hybridized carbons (Fsp3) is 1.00. The fourth-order valence-electron chi connectivity index (χ4n) is 3.36. The van der Waals surface area contributed by atoms with Gasteiger partial charge in [0.05, 0.1) is 0 Å². The third-order valence-corrected chi connectivity index (χ3v) is 4.71. The van der Waals surface area contributed by atoms with Gasteiger partial charge in [0.25, 0.3) is 0 Å². The summed E-state index contributed by atoms with van der Waals surface area (Å²) >= 11 is 0. The van der Waals surface area contributed by atoms with Crippen LogP contribution in [0.2, 0.25) is 0 Å². The summed E-state index contributed by atoms with van der Waals surface area (Å²) in [6.07, 6.45) is 7.78. The molecule has 0 spiro atoms. The van der Waals surface area contributed by atoms with E-state index in [9.17, 15) is 5.11 Å². The highest BCUT2D eigenvalue weighted by atomic mass is 16.3. The number of rotatable bonds is 6. The molecule has 0 aromatic carbocycles. The van der Waals surface area contributed by atoms with Crippen molar-refractivity contribution < 1.29 is 5.11 Å². The van der Waals surface area contributed by atoms with E-state index < -0.39 is 0 Å². The lowest BCUT2D eigenvalue weighted by Gasteiger charge is -2.35. The van der Waals surface area contributed by atoms with Crippen molar-refractivity contribution in [2.45, 2.75) is 64.5 Å². The molecular weight excluding hydrogens is 224 g/mol. The molecule has 0 bridgehead atoms. The Morgan fingerprint density at radius 3 is 2.89 bits per heavy atom. The predicted molar refractivity (Wildman–Crippen MR) is 75.7 cm³/mol. The van der Waals surface area contributed by atoms with Gasteiger partial charge in [-0.1, -0.05) is 13.8 Å². The SMILES string of the molecule is CC(C)(CO)CCCNC1CCN2CCCC2C1. The minimum absolute atomic E-state index is 0.0937. The topological polar surface area (TPSA) is 35.5 Å². The Hall–Kier alpha value is -0.120. The second-order valence-electron chi connectivity index (χ2n) is 6.93. The van der Waals surface area contributed by atoms with Crippen molar-refractivity contribution in [2.75, 3.05) is 26.2 Å². The van der Waals surface area contributed by atoms with Crippen LogP contribution >= 0.6 is 0 Å². The summed E-state index contributed by atoms with van der Waals surface area (Å²) in [5, 5.41) is 12.9. The van der Waals surface area contributed by atoms with E-state index in [1.54, 1.807) is 0 Å². The van der Waals surface area contributed by atoms with Crippen molar-refractivity contribution in [1.29, 1.82) is 0 Å². The van der Waals surface area contributed by atoms with Crippen molar-refractivity contribution >= 4 is 0 Å². The molecule has 2 unspecified atom stereocenters. The van der Waals surface area contributed by atoms with Gasteiger partial charge in [0.1, 0.15) is 0 Å². The fourth-order valence-corrected chi connectivity index (χ4v) is 3.36. The van der Waals surface area contributed by atoms with Gasteiger partial charge in [0.15, 0.2) is 0 Å². The molecule has 2 N–H and O–H groups in total. The zero-order valence-electron chi connectivity index (χ0n) is 12.1. The van der Waals surface area contributed by atoms with Crippen LogP contribution in [0.3, 0.4) is 0 Å². The molecule has 0 saturated carbocycles. The van der Waals surface area contributed by atoms with Gasteiger partial charge in [-0.2, -0.15) is 0 Å². The van der Waals surface area contributed by atoms with Gasteiger partial charge < -0.3 is 15.3 Å². The van der Waals surface area contributed by atoms with Gasteiger partial charge in [-0.3, -0.25) is 0 Å². The molecular formula is C15H30N2O. The Kier molecular flexibility index (Phi) is 5.05. The van der Waals surface area contributed by atoms with Crippen LogP contribution in [-0.4, -0.2) is 48.3 Å². The Bertz CT molecular complexity index is 255. The molecule has 0 aromatic heterocycles. The highest BCUT2D eigenvalue weighted by molar-refractivity contribution is 4.89. The van der Waals surface area contributed by atoms with E-state index in [-0.39, 0.29) is 5.41 Å². The molecule has 2 heterocycles. The van der Waals surface area contributed by atoms with E-state index in [4.69, 9.17) is 0 Å². The number of hydrogen-bond acceptors (Lipinski definition) is 3. The maximum Gasteiger partial charge on any atom is 0.0482 e. The van der Waals surface area contributed by atoms with Crippen LogP contribution in [0.25, 0.3) is 0 Å². The first kappa shape index (κ1) is 14.3. The van der Waals surface area contributed by atoms with Crippen molar-refractivity contribution in [3.63, 3.8) is 0 Å². The number of piperidine rings is 1. The third-order valence-electron chi connectivity index (χ3n) is 4.71. The summed E-state index contributed by atoms with van der Waals surface area (Å²) in [6, 6.07) is 1.60. The quantitative estimate of drug-likeness (QED) is 0.712. The van der Waals surface area contributed by atoms with Crippen LogP contribution in [0, 0.1) is 5.41 Å². The zero-order chi connectivity index (χ0) is 13.0. The highest BCUT2D eigenvalue weighted by Crippen LogP contribution is 2.27. The van der Waals surface area contributed by atoms with Crippen LogP contribution < -0.4 is 5.32 Å². The van der Waals surface area contributed by atoms with Gasteiger partial charge in [-0.25, -0.2) is 0 Å². The minimum atomic E-state index is 0.0937. The smallest absolute Gasteiger partial charge is 0.0482 e. The molecule has 0 aliphatic carbocycles. The summed E-state index contributed by atoms with van der Waals surface area (Å²) in [5.74, 6) is 0. The molecule has 2 aliphatic heterocycles. The Labute approximate surface area is 112 Å². The van der Waals surface area contributed by atoms with Gasteiger partial charge in [0, 0.05) is 18.7 Å². The first-order valence-corrected chi connectivity index (χ1v) is 7.69. The number of hydrogen-bond donors (Lipinski definition) is 2. The minimum Gasteiger partial charge on any atom is -0.396 e. The second-order valence-corrected chi connectivity index (χ2v) is 6.93. The average molecular weight is 254 g/mol. The number of fused-ring (bicyclic) bond motifs is 1. The normalized spacial score (nSPS) is 29.5. The Balaban J connectivity index is 1.60. The van der Waals surface area contributed by atoms with Gasteiger partial charge in [-0.15, -0.1) is 0 Å². The summed E-state index contributed by atoms with van der Waals surface area (Å²) in [5.41, 5.74) is 0.0937. The lowest BCUT2D eigenvalue weighted by molar-refractivity contribution is 0.144. The molecule has 2 saturated heterocycles. The van der Waals surface area contributed by atoms with Crippen LogP contribution in [0.15, 0.2) is 0 Å². The molecule has 106 valence electrons. The summed E-state index contributed by atoms with van der Waals surface area (Å²) < 4.78 is 0. The summed E-state index contributed by atoms with van der Waals surface area (Å²) in [6.45, 7) is 8.33. The molecule has 0 aromatic rings. The zero-order valence-corrected chi connectivity index (χ0v) is 12.1. The van der Waals surface area contributed by atoms with Gasteiger partial charge >= 0.3 is 0 Å². The average Bonchev–Trinajstić information content (AvgIpc) is 2.82. The molecule has 2 rings (SSSR count). The third kappa shape index (κ3) is 3.94. The van der Waals surface area contributed by atoms with Gasteiger partial charge in [0.2, 0.25) is 0 Å². The van der Waals surface area contributed by atoms with Crippen molar-refractivity contribution in [3.05, 3.63) is 0 Å². The molecule has 2 fully saturated rings. The number of aliphatic hydroxyl groups excluding tert-OH is 1. The van der Waals surface area contributed by atoms with Crippen LogP contribution in [-0.2, 0) is 0 Å². The molecule has 2 aliphatic rings. The van der Waals surface area contributed by atoms with E-state index in [1.807, 2.05) is 0 Å². The van der Waals surface area contributed by atoms with E-state index in [0.717, 1.165) is 25.0 Å². The van der Waals surface area contributed by atoms with E-state index in [0.29, 0.717) is 6.61 Å². The standard InChI is InChI=1S/C15H30N2O/c1-15(2,12-18)7-4-8-16-13-6-10-17-9-3-5-14(17)11-13/h13-14,16,18H,3-12H2,1-2H3. The largest absolute Gasteiger partial charge is 0.396 e. The lowest BCUT2D eigenvalue weighted by Crippen LogP contribution is -2.45. The predicted octanol–water partition coefficient (Wildman–Crippen LogP) is 2.00. The molecule has 0 amide bonds. The maximum absolute atomic E-state index is 9.22. The number of nitrogens with one attached hydrogen (secondary N) is 1. The number of aliphatic hydroxyl groups is 1. The molecule has 2 atom stereocenters. The van der Waals surface area contributed by atoms with Crippen molar-refractivity contribution in [2.24, 2.45) is 5.41 Å². The molecule has 18 heavy (non-hydrogen) atoms. The van der Waals surface area contributed by atoms with Crippen molar-refractivity contribution in [1.82, 2.24) is 10.2 Å². The van der Waals surface area contributed by atoms with Crippen LogP contribution in [0.5, 0.6) is 0 Å². The monoisotopic (exact) mass is 254 g/mol. The van der Waals surface area contributed by atoms with Crippen LogP contribution in [0.4, 0.5) is 0 Å². The van der Waals surface area contributed by atoms with Gasteiger partial charge in [-0.05, 0) is 63.6 Å². The number of nitrogens with zero attached hydrogens (tertiary/aromatic N) is 1. The Morgan fingerprint density at radius 2 is 2.11 bits per heavy atom. The Morgan fingerprint density at radius 1 is 1.28 bits per heavy atom. The molecule has 3 heteroatoms. The van der Waals surface area contributed by atoms with E-state index in [1.165, 1.54) is 45.2 Å². The van der Waals surface area contributed by atoms with Crippen LogP contribution in [0.1, 0.15) is 52.4 Å². The highest BCUT2D eigenvalue weighted by Gasteiger charge is 2.31. The summed E-state index contributed by atoms with van der Waals surface area (Å²) in [7, 11) is 0. The first-order valence-electron chi connectivity index (χ1n) is 7.69. The molecule has 0 radical (unpaired) electrons.